The molecule has 0 atom stereocenters. The van der Waals surface area contributed by atoms with Gasteiger partial charge in [0, 0.05) is 29.9 Å². The Kier molecular flexibility index (Phi) is 5.11. The third-order valence-electron chi connectivity index (χ3n) is 5.09. The lowest BCUT2D eigenvalue weighted by Crippen LogP contribution is -2.23. The van der Waals surface area contributed by atoms with E-state index >= 15 is 0 Å². The van der Waals surface area contributed by atoms with Crippen LogP contribution in [0.3, 0.4) is 0 Å². The Labute approximate surface area is 174 Å². The zero-order valence-corrected chi connectivity index (χ0v) is 17.0. The fourth-order valence-electron chi connectivity index (χ4n) is 3.48. The summed E-state index contributed by atoms with van der Waals surface area (Å²) in [6.45, 7) is 4.51. The highest BCUT2D eigenvalue weighted by atomic mass is 35.5. The molecule has 1 saturated heterocycles. The van der Waals surface area contributed by atoms with Crippen LogP contribution in [-0.2, 0) is 4.79 Å². The number of hydrogen-bond donors (Lipinski definition) is 1. The van der Waals surface area contributed by atoms with Gasteiger partial charge in [-0.3, -0.25) is 9.59 Å². The van der Waals surface area contributed by atoms with Gasteiger partial charge in [0.25, 0.3) is 5.91 Å². The van der Waals surface area contributed by atoms with Gasteiger partial charge in [-0.05, 0) is 68.8 Å². The third-order valence-corrected chi connectivity index (χ3v) is 5.63. The summed E-state index contributed by atoms with van der Waals surface area (Å²) in [7, 11) is 0. The average Bonchev–Trinajstić information content (AvgIpc) is 3.27. The maximum atomic E-state index is 12.6. The number of rotatable bonds is 4. The molecule has 1 N–H and O–H groups in total. The largest absolute Gasteiger partial charge is 0.322 e. The molecule has 0 saturated carbocycles. The lowest BCUT2D eigenvalue weighted by molar-refractivity contribution is -0.117. The third kappa shape index (κ3) is 3.76. The summed E-state index contributed by atoms with van der Waals surface area (Å²) in [5, 5.41) is 7.95. The Balaban J connectivity index is 1.46. The summed E-state index contributed by atoms with van der Waals surface area (Å²) in [5.41, 5.74) is 4.55. The maximum Gasteiger partial charge on any atom is 0.255 e. The van der Waals surface area contributed by atoms with Gasteiger partial charge in [-0.1, -0.05) is 11.6 Å². The monoisotopic (exact) mass is 408 g/mol. The molecule has 0 aliphatic carbocycles. The van der Waals surface area contributed by atoms with Crippen LogP contribution in [0.1, 0.15) is 34.6 Å². The average molecular weight is 409 g/mol. The summed E-state index contributed by atoms with van der Waals surface area (Å²) >= 11 is 6.21. The van der Waals surface area contributed by atoms with Gasteiger partial charge < -0.3 is 10.2 Å². The van der Waals surface area contributed by atoms with Gasteiger partial charge in [0.2, 0.25) is 5.91 Å². The Morgan fingerprint density at radius 3 is 2.24 bits per heavy atom. The Morgan fingerprint density at radius 2 is 1.69 bits per heavy atom. The number of anilines is 2. The van der Waals surface area contributed by atoms with E-state index in [1.165, 1.54) is 0 Å². The van der Waals surface area contributed by atoms with Crippen LogP contribution in [0.5, 0.6) is 0 Å². The van der Waals surface area contributed by atoms with Crippen LogP contribution in [0, 0.1) is 13.8 Å². The molecule has 1 aliphatic rings. The standard InChI is InChI=1S/C22H21ClN4O2/c1-14-21(23)15(2)27(25-14)19-9-5-16(6-10-19)22(29)24-17-7-11-18(12-8-17)26-13-3-4-20(26)28/h5-12H,3-4,13H2,1-2H3,(H,24,29). The van der Waals surface area contributed by atoms with E-state index in [-0.39, 0.29) is 11.8 Å². The minimum Gasteiger partial charge on any atom is -0.322 e. The van der Waals surface area contributed by atoms with Crippen molar-refractivity contribution in [2.24, 2.45) is 0 Å². The summed E-state index contributed by atoms with van der Waals surface area (Å²) in [5.74, 6) is -0.0567. The quantitative estimate of drug-likeness (QED) is 0.690. The van der Waals surface area contributed by atoms with Crippen LogP contribution < -0.4 is 10.2 Å². The zero-order valence-electron chi connectivity index (χ0n) is 16.3. The summed E-state index contributed by atoms with van der Waals surface area (Å²) < 4.78 is 1.76. The van der Waals surface area contributed by atoms with Crippen molar-refractivity contribution in [1.82, 2.24) is 9.78 Å². The SMILES string of the molecule is Cc1nn(-c2ccc(C(=O)Nc3ccc(N4CCCC4=O)cc3)cc2)c(C)c1Cl. The van der Waals surface area contributed by atoms with Crippen LogP contribution >= 0.6 is 11.6 Å². The molecule has 0 spiro atoms. The number of aromatic nitrogens is 2. The smallest absolute Gasteiger partial charge is 0.255 e. The van der Waals surface area contributed by atoms with Gasteiger partial charge in [-0.25, -0.2) is 4.68 Å². The van der Waals surface area contributed by atoms with E-state index in [1.807, 2.05) is 50.2 Å². The van der Waals surface area contributed by atoms with Crippen molar-refractivity contribution in [2.75, 3.05) is 16.8 Å². The highest BCUT2D eigenvalue weighted by Gasteiger charge is 2.21. The van der Waals surface area contributed by atoms with Gasteiger partial charge >= 0.3 is 0 Å². The lowest BCUT2D eigenvalue weighted by atomic mass is 10.2. The second-order valence-corrected chi connectivity index (χ2v) is 7.47. The van der Waals surface area contributed by atoms with Crippen molar-refractivity contribution >= 4 is 34.8 Å². The molecule has 148 valence electrons. The molecular weight excluding hydrogens is 388 g/mol. The maximum absolute atomic E-state index is 12.6. The molecule has 1 fully saturated rings. The first-order valence-electron chi connectivity index (χ1n) is 9.48. The zero-order chi connectivity index (χ0) is 20.5. The van der Waals surface area contributed by atoms with E-state index in [2.05, 4.69) is 10.4 Å². The van der Waals surface area contributed by atoms with Crippen molar-refractivity contribution in [3.05, 3.63) is 70.5 Å². The van der Waals surface area contributed by atoms with E-state index in [4.69, 9.17) is 11.6 Å². The Morgan fingerprint density at radius 1 is 1.03 bits per heavy atom. The minimum atomic E-state index is -0.201. The predicted octanol–water partition coefficient (Wildman–Crippen LogP) is 4.52. The number of hydrogen-bond acceptors (Lipinski definition) is 3. The van der Waals surface area contributed by atoms with E-state index in [1.54, 1.807) is 21.7 Å². The summed E-state index contributed by atoms with van der Waals surface area (Å²) in [6.07, 6.45) is 1.48. The number of nitrogens with one attached hydrogen (secondary N) is 1. The van der Waals surface area contributed by atoms with Crippen molar-refractivity contribution in [3.8, 4) is 5.69 Å². The van der Waals surface area contributed by atoms with E-state index in [0.717, 1.165) is 35.7 Å². The molecule has 0 unspecified atom stereocenters. The second-order valence-electron chi connectivity index (χ2n) is 7.09. The fraction of sp³-hybridized carbons (Fsp3) is 0.227. The normalized spacial score (nSPS) is 13.8. The topological polar surface area (TPSA) is 67.2 Å². The first-order chi connectivity index (χ1) is 13.9. The molecule has 1 aliphatic heterocycles. The van der Waals surface area contributed by atoms with Crippen molar-refractivity contribution in [2.45, 2.75) is 26.7 Å². The molecule has 3 aromatic rings. The van der Waals surface area contributed by atoms with Crippen LogP contribution in [0.25, 0.3) is 5.69 Å². The molecule has 6 nitrogen and oxygen atoms in total. The molecule has 4 rings (SSSR count). The van der Waals surface area contributed by atoms with Gasteiger partial charge in [-0.15, -0.1) is 0 Å². The van der Waals surface area contributed by atoms with Gasteiger partial charge in [-0.2, -0.15) is 5.10 Å². The van der Waals surface area contributed by atoms with Crippen LogP contribution in [0.4, 0.5) is 11.4 Å². The molecule has 2 amide bonds. The second kappa shape index (κ2) is 7.72. The number of carbonyl (C=O) groups is 2. The number of aryl methyl sites for hydroxylation is 1. The number of nitrogens with zero attached hydrogens (tertiary/aromatic N) is 3. The van der Waals surface area contributed by atoms with Gasteiger partial charge in [0.15, 0.2) is 0 Å². The molecule has 2 aromatic carbocycles. The first kappa shape index (κ1) is 19.2. The molecule has 1 aromatic heterocycles. The highest BCUT2D eigenvalue weighted by molar-refractivity contribution is 6.31. The van der Waals surface area contributed by atoms with Gasteiger partial charge in [0.1, 0.15) is 0 Å². The van der Waals surface area contributed by atoms with E-state index in [9.17, 15) is 9.59 Å². The molecule has 0 radical (unpaired) electrons. The molecule has 0 bridgehead atoms. The number of carbonyl (C=O) groups excluding carboxylic acids is 2. The van der Waals surface area contributed by atoms with Crippen LogP contribution in [-0.4, -0.2) is 28.1 Å². The predicted molar refractivity (Wildman–Crippen MR) is 114 cm³/mol. The minimum absolute atomic E-state index is 0.144. The molecule has 29 heavy (non-hydrogen) atoms. The molecule has 7 heteroatoms. The van der Waals surface area contributed by atoms with Crippen LogP contribution in [0.2, 0.25) is 5.02 Å². The number of benzene rings is 2. The lowest BCUT2D eigenvalue weighted by Gasteiger charge is -2.16. The van der Waals surface area contributed by atoms with Crippen molar-refractivity contribution in [1.29, 1.82) is 0 Å². The van der Waals surface area contributed by atoms with E-state index in [0.29, 0.717) is 22.7 Å². The first-order valence-corrected chi connectivity index (χ1v) is 9.86. The highest BCUT2D eigenvalue weighted by Crippen LogP contribution is 2.24. The summed E-state index contributed by atoms with van der Waals surface area (Å²) in [4.78, 5) is 26.2. The molecular formula is C22H21ClN4O2. The number of halogens is 1. The molecule has 2 heterocycles. The van der Waals surface area contributed by atoms with Gasteiger partial charge in [0.05, 0.1) is 22.1 Å². The Bertz CT molecular complexity index is 1070. The van der Waals surface area contributed by atoms with E-state index < -0.39 is 0 Å². The van der Waals surface area contributed by atoms with Crippen LogP contribution in [0.15, 0.2) is 48.5 Å². The fourth-order valence-corrected chi connectivity index (χ4v) is 3.60. The van der Waals surface area contributed by atoms with Crippen molar-refractivity contribution in [3.63, 3.8) is 0 Å². The number of amides is 2. The van der Waals surface area contributed by atoms with Crippen molar-refractivity contribution < 1.29 is 9.59 Å². The summed E-state index contributed by atoms with van der Waals surface area (Å²) in [6, 6.07) is 14.5. The Hall–Kier alpha value is -3.12.